The molecule has 1 heterocycles. The van der Waals surface area contributed by atoms with Gasteiger partial charge in [-0.25, -0.2) is 4.68 Å². The average Bonchev–Trinajstić information content (AvgIpc) is 3.32. The molecule has 3 aromatic carbocycles. The van der Waals surface area contributed by atoms with Gasteiger partial charge in [0, 0.05) is 23.2 Å². The van der Waals surface area contributed by atoms with E-state index in [1.165, 1.54) is 4.90 Å². The maximum Gasteiger partial charge on any atom is 0.260 e. The second kappa shape index (κ2) is 12.2. The zero-order valence-electron chi connectivity index (χ0n) is 20.8. The van der Waals surface area contributed by atoms with E-state index < -0.39 is 0 Å². The number of hydrogen-bond acceptors (Lipinski definition) is 4. The monoisotopic (exact) mass is 516 g/mol. The predicted molar refractivity (Wildman–Crippen MR) is 146 cm³/mol. The van der Waals surface area contributed by atoms with E-state index in [1.807, 2.05) is 80.6 Å². The molecule has 0 saturated carbocycles. The zero-order chi connectivity index (χ0) is 26.2. The first kappa shape index (κ1) is 26.0. The van der Waals surface area contributed by atoms with Gasteiger partial charge in [0.25, 0.3) is 5.91 Å². The van der Waals surface area contributed by atoms with E-state index in [0.29, 0.717) is 23.1 Å². The number of nitrogens with zero attached hydrogens (tertiary/aromatic N) is 3. The highest BCUT2D eigenvalue weighted by Crippen LogP contribution is 2.25. The number of rotatable bonds is 10. The van der Waals surface area contributed by atoms with E-state index in [-0.39, 0.29) is 30.9 Å². The SMILES string of the molecule is CC(C)CN(CC(=O)Nc1cc(-c2ccccc2)nn1-c1ccccc1)C(=O)COc1ccc(Cl)cc1. The summed E-state index contributed by atoms with van der Waals surface area (Å²) in [7, 11) is 0. The van der Waals surface area contributed by atoms with E-state index in [1.54, 1.807) is 28.9 Å². The molecule has 0 radical (unpaired) electrons. The Hall–Kier alpha value is -4.10. The average molecular weight is 517 g/mol. The topological polar surface area (TPSA) is 76.5 Å². The van der Waals surface area contributed by atoms with Gasteiger partial charge in [-0.3, -0.25) is 9.59 Å². The van der Waals surface area contributed by atoms with Crippen molar-refractivity contribution in [3.63, 3.8) is 0 Å². The Balaban J connectivity index is 1.50. The minimum absolute atomic E-state index is 0.109. The van der Waals surface area contributed by atoms with Crippen molar-refractivity contribution in [2.45, 2.75) is 13.8 Å². The number of anilines is 1. The molecule has 0 spiro atoms. The molecule has 1 N–H and O–H groups in total. The number of para-hydroxylation sites is 1. The number of aromatic nitrogens is 2. The van der Waals surface area contributed by atoms with Crippen molar-refractivity contribution in [1.82, 2.24) is 14.7 Å². The second-order valence-electron chi connectivity index (χ2n) is 8.99. The zero-order valence-corrected chi connectivity index (χ0v) is 21.6. The van der Waals surface area contributed by atoms with Crippen molar-refractivity contribution in [2.75, 3.05) is 25.0 Å². The summed E-state index contributed by atoms with van der Waals surface area (Å²) in [6.45, 7) is 4.12. The van der Waals surface area contributed by atoms with E-state index in [2.05, 4.69) is 5.32 Å². The third kappa shape index (κ3) is 7.21. The molecule has 0 aliphatic rings. The van der Waals surface area contributed by atoms with Crippen LogP contribution in [-0.4, -0.2) is 46.2 Å². The van der Waals surface area contributed by atoms with Gasteiger partial charge in [-0.2, -0.15) is 5.10 Å². The molecule has 190 valence electrons. The molecular formula is C29H29ClN4O3. The summed E-state index contributed by atoms with van der Waals surface area (Å²) in [4.78, 5) is 27.6. The molecule has 4 rings (SSSR count). The highest BCUT2D eigenvalue weighted by molar-refractivity contribution is 6.30. The van der Waals surface area contributed by atoms with Gasteiger partial charge in [0.15, 0.2) is 6.61 Å². The van der Waals surface area contributed by atoms with E-state index in [4.69, 9.17) is 21.4 Å². The molecule has 2 amide bonds. The maximum absolute atomic E-state index is 13.1. The van der Waals surface area contributed by atoms with Gasteiger partial charge in [0.1, 0.15) is 18.1 Å². The fraction of sp³-hybridized carbons (Fsp3) is 0.207. The number of carbonyl (C=O) groups is 2. The Bertz CT molecular complexity index is 1320. The third-order valence-electron chi connectivity index (χ3n) is 5.50. The highest BCUT2D eigenvalue weighted by atomic mass is 35.5. The van der Waals surface area contributed by atoms with Gasteiger partial charge in [0.05, 0.1) is 11.4 Å². The van der Waals surface area contributed by atoms with Gasteiger partial charge in [-0.05, 0) is 42.3 Å². The van der Waals surface area contributed by atoms with E-state index >= 15 is 0 Å². The van der Waals surface area contributed by atoms with Crippen LogP contribution in [0.3, 0.4) is 0 Å². The van der Waals surface area contributed by atoms with Crippen LogP contribution in [0.5, 0.6) is 5.75 Å². The molecule has 1 aromatic heterocycles. The van der Waals surface area contributed by atoms with Gasteiger partial charge in [0.2, 0.25) is 5.91 Å². The van der Waals surface area contributed by atoms with Crippen molar-refractivity contribution in [3.8, 4) is 22.7 Å². The molecule has 0 atom stereocenters. The molecule has 0 bridgehead atoms. The van der Waals surface area contributed by atoms with Crippen molar-refractivity contribution in [1.29, 1.82) is 0 Å². The first-order chi connectivity index (χ1) is 17.9. The standard InChI is InChI=1S/C29H29ClN4O3/c1-21(2)18-33(29(36)20-37-25-15-13-23(30)14-16-25)19-28(35)31-27-17-26(22-9-5-3-6-10-22)32-34(27)24-11-7-4-8-12-24/h3-17,21H,18-20H2,1-2H3,(H,31,35). The lowest BCUT2D eigenvalue weighted by Gasteiger charge is -2.24. The Morgan fingerprint density at radius 3 is 2.27 bits per heavy atom. The Kier molecular flexibility index (Phi) is 8.59. The first-order valence-electron chi connectivity index (χ1n) is 12.1. The summed E-state index contributed by atoms with van der Waals surface area (Å²) in [6, 6.07) is 28.0. The van der Waals surface area contributed by atoms with Gasteiger partial charge >= 0.3 is 0 Å². The highest BCUT2D eigenvalue weighted by Gasteiger charge is 2.21. The van der Waals surface area contributed by atoms with E-state index in [0.717, 1.165) is 16.9 Å². The third-order valence-corrected chi connectivity index (χ3v) is 5.75. The quantitative estimate of drug-likeness (QED) is 0.293. The molecule has 7 nitrogen and oxygen atoms in total. The van der Waals surface area contributed by atoms with Crippen LogP contribution in [0.1, 0.15) is 13.8 Å². The van der Waals surface area contributed by atoms with Crippen LogP contribution in [0, 0.1) is 5.92 Å². The predicted octanol–water partition coefficient (Wildman–Crippen LogP) is 5.69. The molecular weight excluding hydrogens is 488 g/mol. The molecule has 0 saturated heterocycles. The molecule has 0 aliphatic heterocycles. The normalized spacial score (nSPS) is 10.8. The van der Waals surface area contributed by atoms with Crippen molar-refractivity contribution in [3.05, 3.63) is 96.0 Å². The molecule has 0 fully saturated rings. The van der Waals surface area contributed by atoms with Gasteiger partial charge < -0.3 is 15.0 Å². The van der Waals surface area contributed by atoms with E-state index in [9.17, 15) is 9.59 Å². The maximum atomic E-state index is 13.1. The summed E-state index contributed by atoms with van der Waals surface area (Å²) in [5.41, 5.74) is 2.47. The minimum Gasteiger partial charge on any atom is -0.484 e. The Morgan fingerprint density at radius 2 is 1.62 bits per heavy atom. The summed E-state index contributed by atoms with van der Waals surface area (Å²) in [6.07, 6.45) is 0. The van der Waals surface area contributed by atoms with Crippen LogP contribution in [0.4, 0.5) is 5.82 Å². The van der Waals surface area contributed by atoms with Crippen molar-refractivity contribution in [2.24, 2.45) is 5.92 Å². The number of halogens is 1. The molecule has 4 aromatic rings. The minimum atomic E-state index is -0.322. The fourth-order valence-electron chi connectivity index (χ4n) is 3.80. The van der Waals surface area contributed by atoms with Crippen molar-refractivity contribution >= 4 is 29.2 Å². The van der Waals surface area contributed by atoms with Crippen LogP contribution in [0.25, 0.3) is 16.9 Å². The lowest BCUT2D eigenvalue weighted by molar-refractivity contribution is -0.137. The number of carbonyl (C=O) groups excluding carboxylic acids is 2. The smallest absolute Gasteiger partial charge is 0.260 e. The van der Waals surface area contributed by atoms with Crippen LogP contribution >= 0.6 is 11.6 Å². The summed E-state index contributed by atoms with van der Waals surface area (Å²) >= 11 is 5.91. The summed E-state index contributed by atoms with van der Waals surface area (Å²) < 4.78 is 7.31. The second-order valence-corrected chi connectivity index (χ2v) is 9.42. The summed E-state index contributed by atoms with van der Waals surface area (Å²) in [5.74, 6) is 0.626. The number of amides is 2. The molecule has 8 heteroatoms. The van der Waals surface area contributed by atoms with Crippen LogP contribution in [0.15, 0.2) is 91.0 Å². The number of nitrogens with one attached hydrogen (secondary N) is 1. The summed E-state index contributed by atoms with van der Waals surface area (Å²) in [5, 5.41) is 8.26. The number of hydrogen-bond donors (Lipinski definition) is 1. The lowest BCUT2D eigenvalue weighted by Crippen LogP contribution is -2.42. The Morgan fingerprint density at radius 1 is 0.973 bits per heavy atom. The molecule has 0 aliphatic carbocycles. The van der Waals surface area contributed by atoms with Gasteiger partial charge in [-0.15, -0.1) is 0 Å². The first-order valence-corrected chi connectivity index (χ1v) is 12.4. The molecule has 0 unspecified atom stereocenters. The Labute approximate surface area is 221 Å². The van der Waals surface area contributed by atoms with Crippen molar-refractivity contribution < 1.29 is 14.3 Å². The van der Waals surface area contributed by atoms with Crippen LogP contribution in [-0.2, 0) is 9.59 Å². The number of ether oxygens (including phenoxy) is 1. The van der Waals surface area contributed by atoms with Gasteiger partial charge in [-0.1, -0.05) is 74.0 Å². The fourth-order valence-corrected chi connectivity index (χ4v) is 3.93. The van der Waals surface area contributed by atoms with Crippen LogP contribution < -0.4 is 10.1 Å². The molecule has 37 heavy (non-hydrogen) atoms. The van der Waals surface area contributed by atoms with Crippen LogP contribution in [0.2, 0.25) is 5.02 Å². The largest absolute Gasteiger partial charge is 0.484 e. The lowest BCUT2D eigenvalue weighted by atomic mass is 10.1. The number of benzene rings is 3.